The van der Waals surface area contributed by atoms with Gasteiger partial charge < -0.3 is 41.6 Å². The summed E-state index contributed by atoms with van der Waals surface area (Å²) in [5.41, 5.74) is 10.4. The Kier molecular flexibility index (Phi) is 16.0. The van der Waals surface area contributed by atoms with Gasteiger partial charge in [-0.25, -0.2) is 4.79 Å². The van der Waals surface area contributed by atoms with E-state index in [2.05, 4.69) is 16.0 Å². The molecule has 0 radical (unpaired) electrons. The molecule has 2 atom stereocenters. The predicted molar refractivity (Wildman–Crippen MR) is 138 cm³/mol. The number of nitrogens with two attached hydrogens (primary N) is 2. The Morgan fingerprint density at radius 1 is 0.872 bits per heavy atom. The maximum Gasteiger partial charge on any atom is 0.312 e. The van der Waals surface area contributed by atoms with Gasteiger partial charge in [0.25, 0.3) is 11.8 Å². The molecule has 0 aromatic rings. The number of hydrogen-bond acceptors (Lipinski definition) is 9. The molecule has 0 fully saturated rings. The molecular formula is C24H40N6O9. The third-order valence-corrected chi connectivity index (χ3v) is 5.47. The fraction of sp³-hybridized carbons (Fsp3) is 0.667. The topological polar surface area (TPSA) is 221 Å². The van der Waals surface area contributed by atoms with Crippen molar-refractivity contribution in [2.45, 2.75) is 45.2 Å². The molecule has 15 nitrogen and oxygen atoms in total. The molecule has 220 valence electrons. The molecule has 0 spiro atoms. The van der Waals surface area contributed by atoms with Crippen molar-refractivity contribution in [1.29, 1.82) is 0 Å². The summed E-state index contributed by atoms with van der Waals surface area (Å²) in [5, 5.41) is 7.58. The van der Waals surface area contributed by atoms with Crippen molar-refractivity contribution in [3.05, 3.63) is 12.2 Å². The third-order valence-electron chi connectivity index (χ3n) is 5.47. The lowest BCUT2D eigenvalue weighted by Crippen LogP contribution is -2.54. The number of amides is 7. The summed E-state index contributed by atoms with van der Waals surface area (Å²) in [4.78, 5) is 71.3. The van der Waals surface area contributed by atoms with Gasteiger partial charge in [0.2, 0.25) is 17.7 Å². The van der Waals surface area contributed by atoms with E-state index in [1.165, 1.54) is 12.2 Å². The molecule has 1 aliphatic heterocycles. The molecule has 1 rings (SSSR count). The van der Waals surface area contributed by atoms with Gasteiger partial charge in [-0.15, -0.1) is 0 Å². The Bertz CT molecular complexity index is 862. The molecule has 0 aromatic carbocycles. The second-order valence-corrected chi connectivity index (χ2v) is 8.93. The van der Waals surface area contributed by atoms with Crippen molar-refractivity contribution < 1.29 is 43.0 Å². The zero-order valence-corrected chi connectivity index (χ0v) is 22.4. The number of carbonyl (C=O) groups is 6. The maximum absolute atomic E-state index is 12.7. The van der Waals surface area contributed by atoms with Gasteiger partial charge in [0.1, 0.15) is 12.1 Å². The Morgan fingerprint density at radius 3 is 1.97 bits per heavy atom. The first-order chi connectivity index (χ1) is 18.5. The van der Waals surface area contributed by atoms with E-state index in [9.17, 15) is 28.8 Å². The minimum Gasteiger partial charge on any atom is -0.379 e. The van der Waals surface area contributed by atoms with Gasteiger partial charge in [0, 0.05) is 25.1 Å². The van der Waals surface area contributed by atoms with E-state index in [4.69, 9.17) is 25.7 Å². The molecule has 39 heavy (non-hydrogen) atoms. The molecule has 0 saturated heterocycles. The first-order valence-corrected chi connectivity index (χ1v) is 12.7. The molecule has 1 heterocycles. The summed E-state index contributed by atoms with van der Waals surface area (Å²) in [6.07, 6.45) is 3.01. The standard InChI is InChI=1S/C24H40N6O9/c1-16(2)21(23(35)28-17(22(25)34)4-3-8-27-24(26)36)29-18(31)7-10-37-12-14-39-15-13-38-11-9-30-19(32)5-6-20(30)33/h5-6,16-17,21H,3-4,7-15H2,1-2H3,(H2,25,34)(H,28,35)(H,29,31)(H3,26,27,36)/t17?,21-/m0/s1. The van der Waals surface area contributed by atoms with Crippen LogP contribution in [0.5, 0.6) is 0 Å². The van der Waals surface area contributed by atoms with E-state index in [0.29, 0.717) is 13.0 Å². The van der Waals surface area contributed by atoms with Gasteiger partial charge in [0.15, 0.2) is 0 Å². The van der Waals surface area contributed by atoms with Crippen molar-refractivity contribution in [2.75, 3.05) is 52.7 Å². The Balaban J connectivity index is 2.18. The van der Waals surface area contributed by atoms with Crippen molar-refractivity contribution in [3.8, 4) is 0 Å². The number of primary amides is 2. The number of carbonyl (C=O) groups excluding carboxylic acids is 6. The van der Waals surface area contributed by atoms with Crippen LogP contribution in [-0.4, -0.2) is 105 Å². The normalized spacial score (nSPS) is 14.4. The average molecular weight is 557 g/mol. The van der Waals surface area contributed by atoms with Crippen LogP contribution in [0.3, 0.4) is 0 Å². The fourth-order valence-electron chi connectivity index (χ4n) is 3.36. The summed E-state index contributed by atoms with van der Waals surface area (Å²) in [6.45, 7) is 5.32. The van der Waals surface area contributed by atoms with E-state index in [0.717, 1.165) is 4.90 Å². The molecule has 1 unspecified atom stereocenters. The zero-order chi connectivity index (χ0) is 29.2. The molecule has 7 amide bonds. The Labute approximate surface area is 227 Å². The molecule has 15 heteroatoms. The molecule has 0 bridgehead atoms. The lowest BCUT2D eigenvalue weighted by atomic mass is 10.0. The van der Waals surface area contributed by atoms with Crippen LogP contribution >= 0.6 is 0 Å². The monoisotopic (exact) mass is 556 g/mol. The highest BCUT2D eigenvalue weighted by molar-refractivity contribution is 6.12. The lowest BCUT2D eigenvalue weighted by molar-refractivity contribution is -0.137. The molecule has 0 aromatic heterocycles. The molecule has 0 aliphatic carbocycles. The van der Waals surface area contributed by atoms with E-state index in [1.807, 2.05) is 0 Å². The minimum atomic E-state index is -0.963. The lowest BCUT2D eigenvalue weighted by Gasteiger charge is -2.24. The zero-order valence-electron chi connectivity index (χ0n) is 22.4. The van der Waals surface area contributed by atoms with E-state index >= 15 is 0 Å². The van der Waals surface area contributed by atoms with Gasteiger partial charge >= 0.3 is 6.03 Å². The first kappa shape index (κ1) is 33.5. The predicted octanol–water partition coefficient (Wildman–Crippen LogP) is -2.09. The SMILES string of the molecule is CC(C)[C@H](NC(=O)CCOCCOCCOCCN1C(=O)C=CC1=O)C(=O)NC(CCCNC(N)=O)C(N)=O. The highest BCUT2D eigenvalue weighted by atomic mass is 16.5. The van der Waals surface area contributed by atoms with Crippen molar-refractivity contribution in [1.82, 2.24) is 20.9 Å². The van der Waals surface area contributed by atoms with Crippen LogP contribution in [0.2, 0.25) is 0 Å². The van der Waals surface area contributed by atoms with Crippen LogP contribution in [-0.2, 0) is 38.2 Å². The largest absolute Gasteiger partial charge is 0.379 e. The quantitative estimate of drug-likeness (QED) is 0.0771. The van der Waals surface area contributed by atoms with Gasteiger partial charge in [-0.05, 0) is 18.8 Å². The highest BCUT2D eigenvalue weighted by Crippen LogP contribution is 2.05. The summed E-state index contributed by atoms with van der Waals surface area (Å²) in [5.74, 6) is -2.64. The van der Waals surface area contributed by atoms with Gasteiger partial charge in [-0.1, -0.05) is 13.8 Å². The maximum atomic E-state index is 12.7. The second-order valence-electron chi connectivity index (χ2n) is 8.93. The van der Waals surface area contributed by atoms with Crippen LogP contribution in [0.1, 0.15) is 33.1 Å². The first-order valence-electron chi connectivity index (χ1n) is 12.7. The minimum absolute atomic E-state index is 0.0143. The van der Waals surface area contributed by atoms with E-state index in [-0.39, 0.29) is 76.7 Å². The number of hydrogen-bond donors (Lipinski definition) is 5. The van der Waals surface area contributed by atoms with Crippen LogP contribution in [0, 0.1) is 5.92 Å². The molecule has 7 N–H and O–H groups in total. The van der Waals surface area contributed by atoms with Crippen LogP contribution in [0.25, 0.3) is 0 Å². The summed E-state index contributed by atoms with van der Waals surface area (Å²) in [7, 11) is 0. The number of nitrogens with one attached hydrogen (secondary N) is 3. The van der Waals surface area contributed by atoms with Crippen LogP contribution in [0.4, 0.5) is 4.79 Å². The summed E-state index contributed by atoms with van der Waals surface area (Å²) in [6, 6.07) is -2.54. The molecule has 0 saturated carbocycles. The van der Waals surface area contributed by atoms with Crippen LogP contribution in [0.15, 0.2) is 12.2 Å². The van der Waals surface area contributed by atoms with Crippen molar-refractivity contribution in [2.24, 2.45) is 17.4 Å². The number of imide groups is 1. The second kappa shape index (κ2) is 18.7. The smallest absolute Gasteiger partial charge is 0.312 e. The third kappa shape index (κ3) is 14.2. The summed E-state index contributed by atoms with van der Waals surface area (Å²) >= 11 is 0. The van der Waals surface area contributed by atoms with Crippen molar-refractivity contribution >= 4 is 35.6 Å². The van der Waals surface area contributed by atoms with Gasteiger partial charge in [0.05, 0.1) is 46.2 Å². The van der Waals surface area contributed by atoms with E-state index in [1.54, 1.807) is 13.8 Å². The van der Waals surface area contributed by atoms with Crippen molar-refractivity contribution in [3.63, 3.8) is 0 Å². The Hall–Kier alpha value is -3.56. The van der Waals surface area contributed by atoms with Gasteiger partial charge in [-0.2, -0.15) is 0 Å². The number of rotatable bonds is 21. The average Bonchev–Trinajstić information content (AvgIpc) is 3.19. The highest BCUT2D eigenvalue weighted by Gasteiger charge is 2.27. The Morgan fingerprint density at radius 2 is 1.44 bits per heavy atom. The molecular weight excluding hydrogens is 516 g/mol. The number of nitrogens with zero attached hydrogens (tertiary/aromatic N) is 1. The molecule has 1 aliphatic rings. The van der Waals surface area contributed by atoms with Gasteiger partial charge in [-0.3, -0.25) is 28.9 Å². The van der Waals surface area contributed by atoms with E-state index < -0.39 is 35.8 Å². The number of urea groups is 1. The number of ether oxygens (including phenoxy) is 3. The fourth-order valence-corrected chi connectivity index (χ4v) is 3.36. The van der Waals surface area contributed by atoms with Crippen LogP contribution < -0.4 is 27.4 Å². The summed E-state index contributed by atoms with van der Waals surface area (Å²) < 4.78 is 16.1.